The number of nitrogens with one attached hydrogen (secondary N) is 1. The summed E-state index contributed by atoms with van der Waals surface area (Å²) in [5.74, 6) is 5.62. The summed E-state index contributed by atoms with van der Waals surface area (Å²) in [6.07, 6.45) is -4.35. The van der Waals surface area contributed by atoms with Crippen LogP contribution in [0.5, 0.6) is 0 Å². The number of pyridine rings is 1. The molecule has 0 aliphatic rings. The molecule has 0 saturated carbocycles. The number of anilines is 1. The van der Waals surface area contributed by atoms with Crippen molar-refractivity contribution >= 4 is 16.7 Å². The first-order chi connectivity index (χ1) is 8.99. The average Bonchev–Trinajstić information content (AvgIpc) is 2.36. The lowest BCUT2D eigenvalue weighted by molar-refractivity contribution is -0.176. The van der Waals surface area contributed by atoms with E-state index >= 15 is 0 Å². The normalized spacial score (nSPS) is 11.8. The van der Waals surface area contributed by atoms with E-state index in [0.717, 1.165) is 5.39 Å². The van der Waals surface area contributed by atoms with Gasteiger partial charge in [-0.05, 0) is 12.1 Å². The minimum Gasteiger partial charge on any atom is -0.367 e. The number of benzene rings is 1. The molecule has 0 radical (unpaired) electrons. The zero-order chi connectivity index (χ0) is 13.9. The number of halogens is 3. The fraction of sp³-hybridized carbons (Fsp3) is 0.250. The van der Waals surface area contributed by atoms with Gasteiger partial charge in [0.25, 0.3) is 0 Å². The van der Waals surface area contributed by atoms with Gasteiger partial charge in [0.2, 0.25) is 0 Å². The molecule has 0 amide bonds. The number of hydrogen-bond donors (Lipinski definition) is 2. The fourth-order valence-corrected chi connectivity index (χ4v) is 1.67. The van der Waals surface area contributed by atoms with Gasteiger partial charge >= 0.3 is 6.18 Å². The Morgan fingerprint density at radius 2 is 2.00 bits per heavy atom. The summed E-state index contributed by atoms with van der Waals surface area (Å²) >= 11 is 0. The zero-order valence-corrected chi connectivity index (χ0v) is 9.87. The highest BCUT2D eigenvalue weighted by atomic mass is 19.4. The molecule has 2 rings (SSSR count). The van der Waals surface area contributed by atoms with Crippen LogP contribution in [0.3, 0.4) is 0 Å². The molecule has 102 valence electrons. The van der Waals surface area contributed by atoms with Crippen LogP contribution in [0.1, 0.15) is 5.56 Å². The number of fused-ring (bicyclic) bond motifs is 1. The van der Waals surface area contributed by atoms with Crippen LogP contribution in [0, 0.1) is 0 Å². The molecule has 0 aliphatic heterocycles. The molecule has 0 saturated heterocycles. The predicted molar refractivity (Wildman–Crippen MR) is 65.3 cm³/mol. The molecule has 1 aromatic carbocycles. The number of rotatable bonds is 4. The van der Waals surface area contributed by atoms with Crippen LogP contribution in [0.2, 0.25) is 0 Å². The Bertz CT molecular complexity index is 572. The van der Waals surface area contributed by atoms with E-state index in [0.29, 0.717) is 16.9 Å². The Labute approximate surface area is 107 Å². The van der Waals surface area contributed by atoms with Crippen LogP contribution in [0.4, 0.5) is 19.0 Å². The first-order valence-electron chi connectivity index (χ1n) is 5.49. The van der Waals surface area contributed by atoms with Crippen molar-refractivity contribution in [3.8, 4) is 0 Å². The van der Waals surface area contributed by atoms with E-state index in [4.69, 9.17) is 5.84 Å². The number of nitrogens with two attached hydrogens (primary N) is 1. The van der Waals surface area contributed by atoms with Crippen LogP contribution >= 0.6 is 0 Å². The lowest BCUT2D eigenvalue weighted by Crippen LogP contribution is -2.18. The van der Waals surface area contributed by atoms with Gasteiger partial charge in [0.05, 0.1) is 12.1 Å². The molecule has 2 aromatic rings. The first kappa shape index (κ1) is 13.6. The highest BCUT2D eigenvalue weighted by Crippen LogP contribution is 2.22. The van der Waals surface area contributed by atoms with Gasteiger partial charge in [0.1, 0.15) is 12.4 Å². The molecular formula is C12H12F3N3O. The van der Waals surface area contributed by atoms with Gasteiger partial charge in [0.15, 0.2) is 0 Å². The Kier molecular flexibility index (Phi) is 3.87. The number of para-hydroxylation sites is 1. The van der Waals surface area contributed by atoms with Gasteiger partial charge in [-0.3, -0.25) is 0 Å². The van der Waals surface area contributed by atoms with E-state index in [1.807, 2.05) is 18.2 Å². The Hall–Kier alpha value is -1.86. The molecule has 0 aliphatic carbocycles. The van der Waals surface area contributed by atoms with Gasteiger partial charge in [-0.15, -0.1) is 0 Å². The van der Waals surface area contributed by atoms with Crippen LogP contribution in [0.25, 0.3) is 10.9 Å². The van der Waals surface area contributed by atoms with Crippen LogP contribution < -0.4 is 11.3 Å². The number of alkyl halides is 3. The van der Waals surface area contributed by atoms with Crippen molar-refractivity contribution in [3.05, 3.63) is 35.9 Å². The van der Waals surface area contributed by atoms with Crippen molar-refractivity contribution in [2.24, 2.45) is 5.84 Å². The first-order valence-corrected chi connectivity index (χ1v) is 5.49. The van der Waals surface area contributed by atoms with Crippen molar-refractivity contribution in [2.75, 3.05) is 12.0 Å². The maximum Gasteiger partial charge on any atom is 0.411 e. The van der Waals surface area contributed by atoms with Crippen LogP contribution in [-0.2, 0) is 11.3 Å². The van der Waals surface area contributed by atoms with Gasteiger partial charge < -0.3 is 10.2 Å². The number of hydrogen-bond acceptors (Lipinski definition) is 4. The largest absolute Gasteiger partial charge is 0.411 e. The summed E-state index contributed by atoms with van der Waals surface area (Å²) in [6, 6.07) is 8.94. The SMILES string of the molecule is NNc1nc2ccccc2cc1COCC(F)(F)F. The molecule has 1 aromatic heterocycles. The highest BCUT2D eigenvalue weighted by molar-refractivity contribution is 5.81. The molecule has 0 spiro atoms. The summed E-state index contributed by atoms with van der Waals surface area (Å²) in [5.41, 5.74) is 3.54. The number of ether oxygens (including phenoxy) is 1. The third-order valence-corrected chi connectivity index (χ3v) is 2.46. The van der Waals surface area contributed by atoms with Gasteiger partial charge in [-0.2, -0.15) is 13.2 Å². The van der Waals surface area contributed by atoms with Crippen molar-refractivity contribution in [2.45, 2.75) is 12.8 Å². The Balaban J connectivity index is 2.21. The summed E-state index contributed by atoms with van der Waals surface area (Å²) in [6.45, 7) is -1.51. The Morgan fingerprint density at radius 3 is 2.68 bits per heavy atom. The van der Waals surface area contributed by atoms with Crippen molar-refractivity contribution in [1.82, 2.24) is 4.98 Å². The second-order valence-corrected chi connectivity index (χ2v) is 3.94. The maximum atomic E-state index is 12.0. The quantitative estimate of drug-likeness (QED) is 0.663. The lowest BCUT2D eigenvalue weighted by atomic mass is 10.1. The number of hydrazine groups is 1. The van der Waals surface area contributed by atoms with Gasteiger partial charge in [0, 0.05) is 10.9 Å². The molecule has 0 fully saturated rings. The monoisotopic (exact) mass is 271 g/mol. The van der Waals surface area contributed by atoms with Gasteiger partial charge in [-0.1, -0.05) is 18.2 Å². The molecule has 1 heterocycles. The van der Waals surface area contributed by atoms with Crippen molar-refractivity contribution < 1.29 is 17.9 Å². The molecule has 19 heavy (non-hydrogen) atoms. The second kappa shape index (κ2) is 5.41. The molecule has 3 N–H and O–H groups in total. The van der Waals surface area contributed by atoms with E-state index in [2.05, 4.69) is 15.1 Å². The summed E-state index contributed by atoms with van der Waals surface area (Å²) in [7, 11) is 0. The van der Waals surface area contributed by atoms with Crippen LogP contribution in [-0.4, -0.2) is 17.8 Å². The molecule has 4 nitrogen and oxygen atoms in total. The second-order valence-electron chi connectivity index (χ2n) is 3.94. The number of aromatic nitrogens is 1. The smallest absolute Gasteiger partial charge is 0.367 e. The summed E-state index contributed by atoms with van der Waals surface area (Å²) in [5, 5.41) is 0.812. The Morgan fingerprint density at radius 1 is 1.26 bits per heavy atom. The van der Waals surface area contributed by atoms with E-state index in [1.165, 1.54) is 0 Å². The number of nitrogen functional groups attached to an aromatic ring is 1. The molecule has 0 atom stereocenters. The lowest BCUT2D eigenvalue weighted by Gasteiger charge is -2.11. The molecule has 7 heteroatoms. The zero-order valence-electron chi connectivity index (χ0n) is 9.87. The molecular weight excluding hydrogens is 259 g/mol. The molecule has 0 unspecified atom stereocenters. The topological polar surface area (TPSA) is 60.2 Å². The van der Waals surface area contributed by atoms with E-state index in [-0.39, 0.29) is 6.61 Å². The van der Waals surface area contributed by atoms with Crippen molar-refractivity contribution in [1.29, 1.82) is 0 Å². The summed E-state index contributed by atoms with van der Waals surface area (Å²) in [4.78, 5) is 4.21. The van der Waals surface area contributed by atoms with E-state index in [9.17, 15) is 13.2 Å². The third-order valence-electron chi connectivity index (χ3n) is 2.46. The summed E-state index contributed by atoms with van der Waals surface area (Å²) < 4.78 is 40.7. The minimum atomic E-state index is -4.35. The standard InChI is InChI=1S/C12H12F3N3O/c13-12(14,15)7-19-6-9-5-8-3-1-2-4-10(8)17-11(9)18-16/h1-5H,6-7,16H2,(H,17,18). The fourth-order valence-electron chi connectivity index (χ4n) is 1.67. The van der Waals surface area contributed by atoms with E-state index < -0.39 is 12.8 Å². The molecule has 0 bridgehead atoms. The van der Waals surface area contributed by atoms with Gasteiger partial charge in [-0.25, -0.2) is 10.8 Å². The number of nitrogens with zero attached hydrogens (tertiary/aromatic N) is 1. The van der Waals surface area contributed by atoms with Crippen molar-refractivity contribution in [3.63, 3.8) is 0 Å². The van der Waals surface area contributed by atoms with Crippen LogP contribution in [0.15, 0.2) is 30.3 Å². The highest BCUT2D eigenvalue weighted by Gasteiger charge is 2.27. The minimum absolute atomic E-state index is 0.211. The predicted octanol–water partition coefficient (Wildman–Crippen LogP) is 2.60. The third kappa shape index (κ3) is 3.55. The maximum absolute atomic E-state index is 12.0. The average molecular weight is 271 g/mol. The van der Waals surface area contributed by atoms with E-state index in [1.54, 1.807) is 12.1 Å².